The van der Waals surface area contributed by atoms with Crippen molar-refractivity contribution in [3.63, 3.8) is 0 Å². The van der Waals surface area contributed by atoms with Crippen molar-refractivity contribution in [1.82, 2.24) is 4.90 Å². The van der Waals surface area contributed by atoms with E-state index >= 15 is 0 Å². The molecule has 2 heteroatoms. The van der Waals surface area contributed by atoms with Gasteiger partial charge in [0, 0.05) is 8.07 Å². The Balaban J connectivity index is 2.14. The summed E-state index contributed by atoms with van der Waals surface area (Å²) in [6.07, 6.45) is 5.81. The van der Waals surface area contributed by atoms with Gasteiger partial charge in [-0.05, 0) is 38.9 Å². The van der Waals surface area contributed by atoms with E-state index in [0.29, 0.717) is 0 Å². The topological polar surface area (TPSA) is 3.24 Å². The lowest BCUT2D eigenvalue weighted by Gasteiger charge is -2.29. The number of hydrogen-bond donors (Lipinski definition) is 0. The van der Waals surface area contributed by atoms with Crippen molar-refractivity contribution in [1.29, 1.82) is 0 Å². The standard InChI is InChI=1S/C13H29NSi/c1-4-15(3,5-2)13-9-12-14-10-7-6-8-11-14/h4-13H2,1-3H3. The molecule has 0 aliphatic carbocycles. The lowest BCUT2D eigenvalue weighted by Crippen LogP contribution is -2.33. The summed E-state index contributed by atoms with van der Waals surface area (Å²) in [4.78, 5) is 2.68. The molecular formula is C13H29NSi. The zero-order valence-electron chi connectivity index (χ0n) is 11.0. The van der Waals surface area contributed by atoms with Crippen LogP contribution in [-0.2, 0) is 0 Å². The van der Waals surface area contributed by atoms with Crippen molar-refractivity contribution < 1.29 is 0 Å². The molecule has 0 unspecified atom stereocenters. The first-order valence-corrected chi connectivity index (χ1v) is 10.0. The zero-order chi connectivity index (χ0) is 11.1. The van der Waals surface area contributed by atoms with Crippen molar-refractivity contribution in [3.8, 4) is 0 Å². The van der Waals surface area contributed by atoms with Crippen LogP contribution in [0.25, 0.3) is 0 Å². The van der Waals surface area contributed by atoms with Gasteiger partial charge in [0.2, 0.25) is 0 Å². The molecule has 1 saturated heterocycles. The van der Waals surface area contributed by atoms with Gasteiger partial charge in [0.1, 0.15) is 0 Å². The van der Waals surface area contributed by atoms with Gasteiger partial charge in [-0.15, -0.1) is 0 Å². The quantitative estimate of drug-likeness (QED) is 0.620. The average molecular weight is 227 g/mol. The van der Waals surface area contributed by atoms with E-state index in [1.807, 2.05) is 0 Å². The van der Waals surface area contributed by atoms with Crippen molar-refractivity contribution in [2.45, 2.75) is 64.2 Å². The highest BCUT2D eigenvalue weighted by molar-refractivity contribution is 6.78. The molecular weight excluding hydrogens is 198 g/mol. The van der Waals surface area contributed by atoms with E-state index in [4.69, 9.17) is 0 Å². The van der Waals surface area contributed by atoms with Gasteiger partial charge in [0.05, 0.1) is 0 Å². The van der Waals surface area contributed by atoms with Crippen LogP contribution in [0.3, 0.4) is 0 Å². The molecule has 1 rings (SSSR count). The molecule has 0 radical (unpaired) electrons. The third-order valence-corrected chi connectivity index (χ3v) is 9.39. The van der Waals surface area contributed by atoms with Crippen LogP contribution in [0.15, 0.2) is 0 Å². The third-order valence-electron chi connectivity index (χ3n) is 4.41. The maximum Gasteiger partial charge on any atom is 0.0499 e. The number of likely N-dealkylation sites (tertiary alicyclic amines) is 1. The first kappa shape index (κ1) is 13.2. The Bertz CT molecular complexity index is 160. The van der Waals surface area contributed by atoms with Crippen LogP contribution < -0.4 is 0 Å². The molecule has 0 atom stereocenters. The lowest BCUT2D eigenvalue weighted by molar-refractivity contribution is 0.229. The Morgan fingerprint density at radius 3 is 2.13 bits per heavy atom. The van der Waals surface area contributed by atoms with Crippen molar-refractivity contribution >= 4 is 8.07 Å². The molecule has 0 aromatic rings. The zero-order valence-corrected chi connectivity index (χ0v) is 12.0. The summed E-state index contributed by atoms with van der Waals surface area (Å²) in [5.41, 5.74) is 0. The minimum atomic E-state index is -0.809. The number of piperidine rings is 1. The maximum absolute atomic E-state index is 2.68. The molecule has 1 nitrogen and oxygen atoms in total. The minimum absolute atomic E-state index is 0.809. The predicted molar refractivity (Wildman–Crippen MR) is 72.3 cm³/mol. The number of nitrogens with zero attached hydrogens (tertiary/aromatic N) is 1. The van der Waals surface area contributed by atoms with Crippen LogP contribution in [0.1, 0.15) is 39.5 Å². The van der Waals surface area contributed by atoms with Crippen LogP contribution in [0.2, 0.25) is 24.7 Å². The Labute approximate surface area is 97.3 Å². The minimum Gasteiger partial charge on any atom is -0.303 e. The van der Waals surface area contributed by atoms with E-state index in [9.17, 15) is 0 Å². The van der Waals surface area contributed by atoms with Crippen LogP contribution in [0.4, 0.5) is 0 Å². The number of hydrogen-bond acceptors (Lipinski definition) is 1. The summed E-state index contributed by atoms with van der Waals surface area (Å²) in [5, 5.41) is 0. The largest absolute Gasteiger partial charge is 0.303 e. The summed E-state index contributed by atoms with van der Waals surface area (Å²) in [5.74, 6) is 0. The first-order chi connectivity index (χ1) is 7.20. The van der Waals surface area contributed by atoms with Crippen LogP contribution in [0.5, 0.6) is 0 Å². The molecule has 0 aromatic carbocycles. The lowest BCUT2D eigenvalue weighted by atomic mass is 10.1. The second-order valence-corrected chi connectivity index (χ2v) is 11.1. The van der Waals surface area contributed by atoms with Crippen LogP contribution in [0, 0.1) is 0 Å². The molecule has 0 N–H and O–H groups in total. The second kappa shape index (κ2) is 6.69. The van der Waals surface area contributed by atoms with Crippen LogP contribution >= 0.6 is 0 Å². The van der Waals surface area contributed by atoms with Gasteiger partial charge in [-0.3, -0.25) is 0 Å². The molecule has 1 fully saturated rings. The van der Waals surface area contributed by atoms with Gasteiger partial charge < -0.3 is 4.90 Å². The Kier molecular flexibility index (Phi) is 5.91. The fourth-order valence-corrected chi connectivity index (χ4v) is 4.73. The van der Waals surface area contributed by atoms with Crippen molar-refractivity contribution in [2.75, 3.05) is 19.6 Å². The van der Waals surface area contributed by atoms with E-state index in [2.05, 4.69) is 25.3 Å². The molecule has 0 aromatic heterocycles. The van der Waals surface area contributed by atoms with Crippen LogP contribution in [-0.4, -0.2) is 32.6 Å². The second-order valence-electron chi connectivity index (χ2n) is 5.52. The summed E-state index contributed by atoms with van der Waals surface area (Å²) < 4.78 is 0. The molecule has 0 spiro atoms. The Morgan fingerprint density at radius 1 is 1.00 bits per heavy atom. The first-order valence-electron chi connectivity index (χ1n) is 6.92. The molecule has 1 aliphatic heterocycles. The Morgan fingerprint density at radius 2 is 1.60 bits per heavy atom. The third kappa shape index (κ3) is 4.69. The van der Waals surface area contributed by atoms with E-state index in [0.717, 1.165) is 0 Å². The SMILES string of the molecule is CC[Si](C)(CC)CCCN1CCCCC1. The molecule has 0 amide bonds. The highest BCUT2D eigenvalue weighted by Gasteiger charge is 2.22. The van der Waals surface area contributed by atoms with E-state index in [1.54, 1.807) is 6.04 Å². The van der Waals surface area contributed by atoms with Gasteiger partial charge in [0.15, 0.2) is 0 Å². The van der Waals surface area contributed by atoms with Gasteiger partial charge in [-0.1, -0.05) is 44.9 Å². The molecule has 90 valence electrons. The summed E-state index contributed by atoms with van der Waals surface area (Å²) in [7, 11) is -0.809. The number of rotatable bonds is 6. The summed E-state index contributed by atoms with van der Waals surface area (Å²) >= 11 is 0. The van der Waals surface area contributed by atoms with Gasteiger partial charge in [-0.25, -0.2) is 0 Å². The highest BCUT2D eigenvalue weighted by atomic mass is 28.3. The highest BCUT2D eigenvalue weighted by Crippen LogP contribution is 2.22. The average Bonchev–Trinajstić information content (AvgIpc) is 2.30. The fraction of sp³-hybridized carbons (Fsp3) is 1.00. The molecule has 1 heterocycles. The smallest absolute Gasteiger partial charge is 0.0499 e. The van der Waals surface area contributed by atoms with E-state index < -0.39 is 8.07 Å². The summed E-state index contributed by atoms with van der Waals surface area (Å²) in [6.45, 7) is 11.5. The van der Waals surface area contributed by atoms with E-state index in [1.165, 1.54) is 57.4 Å². The maximum atomic E-state index is 2.68. The predicted octanol–water partition coefficient (Wildman–Crippen LogP) is 3.98. The monoisotopic (exact) mass is 227 g/mol. The van der Waals surface area contributed by atoms with Crippen molar-refractivity contribution in [2.24, 2.45) is 0 Å². The van der Waals surface area contributed by atoms with E-state index in [-0.39, 0.29) is 0 Å². The molecule has 15 heavy (non-hydrogen) atoms. The van der Waals surface area contributed by atoms with Gasteiger partial charge >= 0.3 is 0 Å². The molecule has 0 bridgehead atoms. The van der Waals surface area contributed by atoms with Gasteiger partial charge in [0.25, 0.3) is 0 Å². The summed E-state index contributed by atoms with van der Waals surface area (Å²) in [6, 6.07) is 4.50. The normalized spacial score (nSPS) is 19.4. The Hall–Kier alpha value is 0.177. The van der Waals surface area contributed by atoms with Gasteiger partial charge in [-0.2, -0.15) is 0 Å². The fourth-order valence-electron chi connectivity index (χ4n) is 2.52. The molecule has 0 saturated carbocycles. The molecule has 1 aliphatic rings. The van der Waals surface area contributed by atoms with Crippen molar-refractivity contribution in [3.05, 3.63) is 0 Å².